The molecule has 0 unspecified atom stereocenters. The lowest BCUT2D eigenvalue weighted by Gasteiger charge is -2.06. The normalized spacial score (nSPS) is 9.67. The van der Waals surface area contributed by atoms with E-state index in [1.807, 2.05) is 24.3 Å². The molecule has 0 spiro atoms. The van der Waals surface area contributed by atoms with Crippen LogP contribution in [0.15, 0.2) is 48.8 Å². The molecule has 4 heteroatoms. The Bertz CT molecular complexity index is 431. The largest absolute Gasteiger partial charge is 0.457 e. The third kappa shape index (κ3) is 2.45. The van der Waals surface area contributed by atoms with Crippen molar-refractivity contribution in [2.75, 3.05) is 5.43 Å². The number of nitrogen functional groups attached to an aromatic ring is 1. The number of nitrogens with two attached hydrogens (primary N) is 1. The van der Waals surface area contributed by atoms with Crippen LogP contribution in [0.1, 0.15) is 0 Å². The van der Waals surface area contributed by atoms with Gasteiger partial charge in [0.15, 0.2) is 0 Å². The molecule has 0 fully saturated rings. The van der Waals surface area contributed by atoms with Crippen LogP contribution in [0, 0.1) is 0 Å². The van der Waals surface area contributed by atoms with Crippen LogP contribution >= 0.6 is 0 Å². The van der Waals surface area contributed by atoms with Gasteiger partial charge in [-0.05, 0) is 24.3 Å². The van der Waals surface area contributed by atoms with Crippen molar-refractivity contribution in [1.29, 1.82) is 0 Å². The van der Waals surface area contributed by atoms with Crippen molar-refractivity contribution in [3.63, 3.8) is 0 Å². The number of hydrogen-bond acceptors (Lipinski definition) is 4. The van der Waals surface area contributed by atoms with Crippen LogP contribution in [0.2, 0.25) is 0 Å². The summed E-state index contributed by atoms with van der Waals surface area (Å²) in [7, 11) is 0. The van der Waals surface area contributed by atoms with Crippen LogP contribution in [0.4, 0.5) is 5.69 Å². The molecule has 0 amide bonds. The maximum atomic E-state index is 5.59. The van der Waals surface area contributed by atoms with Crippen LogP contribution in [0.25, 0.3) is 0 Å². The van der Waals surface area contributed by atoms with Crippen LogP contribution in [0.3, 0.4) is 0 Å². The molecular formula is C11H11N3O. The van der Waals surface area contributed by atoms with E-state index in [0.29, 0.717) is 0 Å². The number of aromatic nitrogens is 1. The van der Waals surface area contributed by atoms with E-state index in [0.717, 1.165) is 17.2 Å². The third-order valence-electron chi connectivity index (χ3n) is 1.89. The highest BCUT2D eigenvalue weighted by Gasteiger charge is 1.97. The van der Waals surface area contributed by atoms with E-state index >= 15 is 0 Å². The van der Waals surface area contributed by atoms with Gasteiger partial charge in [-0.25, -0.2) is 0 Å². The van der Waals surface area contributed by atoms with E-state index in [9.17, 15) is 0 Å². The molecule has 0 saturated heterocycles. The highest BCUT2D eigenvalue weighted by Crippen LogP contribution is 2.22. The van der Waals surface area contributed by atoms with Gasteiger partial charge in [0, 0.05) is 18.5 Å². The van der Waals surface area contributed by atoms with E-state index in [1.54, 1.807) is 24.5 Å². The fourth-order valence-corrected chi connectivity index (χ4v) is 1.19. The van der Waals surface area contributed by atoms with Gasteiger partial charge in [-0.3, -0.25) is 10.8 Å². The van der Waals surface area contributed by atoms with Gasteiger partial charge in [-0.15, -0.1) is 0 Å². The Morgan fingerprint density at radius 3 is 2.60 bits per heavy atom. The van der Waals surface area contributed by atoms with Gasteiger partial charge >= 0.3 is 0 Å². The summed E-state index contributed by atoms with van der Waals surface area (Å²) in [6.45, 7) is 0. The number of rotatable bonds is 3. The van der Waals surface area contributed by atoms with Gasteiger partial charge in [-0.2, -0.15) is 0 Å². The molecule has 4 nitrogen and oxygen atoms in total. The van der Waals surface area contributed by atoms with Crippen molar-refractivity contribution in [2.24, 2.45) is 5.84 Å². The highest BCUT2D eigenvalue weighted by atomic mass is 16.5. The summed E-state index contributed by atoms with van der Waals surface area (Å²) in [5, 5.41) is 0. The minimum absolute atomic E-state index is 0.733. The smallest absolute Gasteiger partial charge is 0.130 e. The maximum Gasteiger partial charge on any atom is 0.130 e. The summed E-state index contributed by atoms with van der Waals surface area (Å²) in [6, 6.07) is 11.0. The number of benzene rings is 1. The number of ether oxygens (including phenoxy) is 1. The summed E-state index contributed by atoms with van der Waals surface area (Å²) in [6.07, 6.45) is 3.36. The molecule has 0 saturated carbocycles. The molecule has 1 aromatic heterocycles. The second-order valence-electron chi connectivity index (χ2n) is 2.96. The zero-order valence-electron chi connectivity index (χ0n) is 8.05. The Labute approximate surface area is 87.7 Å². The number of pyridine rings is 1. The van der Waals surface area contributed by atoms with Crippen molar-refractivity contribution in [1.82, 2.24) is 4.98 Å². The minimum atomic E-state index is 0.733. The number of hydrazine groups is 1. The Kier molecular flexibility index (Phi) is 2.80. The summed E-state index contributed by atoms with van der Waals surface area (Å²) in [5.41, 5.74) is 3.37. The molecule has 2 aromatic rings. The zero-order valence-corrected chi connectivity index (χ0v) is 8.05. The van der Waals surface area contributed by atoms with E-state index in [2.05, 4.69) is 10.4 Å². The van der Waals surface area contributed by atoms with Crippen LogP contribution in [0.5, 0.6) is 11.5 Å². The third-order valence-corrected chi connectivity index (χ3v) is 1.89. The summed E-state index contributed by atoms with van der Waals surface area (Å²) in [5.74, 6) is 6.78. The highest BCUT2D eigenvalue weighted by molar-refractivity contribution is 5.47. The van der Waals surface area contributed by atoms with Crippen molar-refractivity contribution in [3.8, 4) is 11.5 Å². The van der Waals surface area contributed by atoms with Crippen molar-refractivity contribution >= 4 is 5.69 Å². The van der Waals surface area contributed by atoms with Crippen molar-refractivity contribution in [3.05, 3.63) is 48.8 Å². The SMILES string of the molecule is NNc1cccc(Oc2ccncc2)c1. The lowest BCUT2D eigenvalue weighted by molar-refractivity contribution is 0.482. The Balaban J connectivity index is 2.17. The van der Waals surface area contributed by atoms with Crippen LogP contribution in [-0.4, -0.2) is 4.98 Å². The van der Waals surface area contributed by atoms with Crippen molar-refractivity contribution in [2.45, 2.75) is 0 Å². The fourth-order valence-electron chi connectivity index (χ4n) is 1.19. The number of nitrogens with one attached hydrogen (secondary N) is 1. The van der Waals surface area contributed by atoms with E-state index in [1.165, 1.54) is 0 Å². The molecule has 0 radical (unpaired) electrons. The van der Waals surface area contributed by atoms with E-state index in [4.69, 9.17) is 10.6 Å². The molecule has 0 aliphatic rings. The molecule has 15 heavy (non-hydrogen) atoms. The first kappa shape index (κ1) is 9.48. The average Bonchev–Trinajstić information content (AvgIpc) is 2.31. The predicted octanol–water partition coefficient (Wildman–Crippen LogP) is 2.16. The summed E-state index contributed by atoms with van der Waals surface area (Å²) < 4.78 is 5.59. The van der Waals surface area contributed by atoms with Gasteiger partial charge in [0.2, 0.25) is 0 Å². The molecule has 2 rings (SSSR count). The first-order chi connectivity index (χ1) is 7.38. The zero-order chi connectivity index (χ0) is 10.5. The molecular weight excluding hydrogens is 190 g/mol. The monoisotopic (exact) mass is 201 g/mol. The Morgan fingerprint density at radius 2 is 1.87 bits per heavy atom. The topological polar surface area (TPSA) is 60.2 Å². The predicted molar refractivity (Wildman–Crippen MR) is 58.6 cm³/mol. The maximum absolute atomic E-state index is 5.59. The first-order valence-electron chi connectivity index (χ1n) is 4.53. The number of anilines is 1. The number of hydrogen-bond donors (Lipinski definition) is 2. The van der Waals surface area contributed by atoms with Crippen LogP contribution < -0.4 is 16.0 Å². The molecule has 0 bridgehead atoms. The average molecular weight is 201 g/mol. The van der Waals surface area contributed by atoms with E-state index < -0.39 is 0 Å². The molecule has 0 aliphatic carbocycles. The van der Waals surface area contributed by atoms with Gasteiger partial charge in [0.1, 0.15) is 11.5 Å². The second kappa shape index (κ2) is 4.43. The Morgan fingerprint density at radius 1 is 1.07 bits per heavy atom. The number of nitrogens with zero attached hydrogens (tertiary/aromatic N) is 1. The standard InChI is InChI=1S/C11H11N3O/c12-14-9-2-1-3-11(8-9)15-10-4-6-13-7-5-10/h1-8,14H,12H2. The molecule has 0 atom stereocenters. The van der Waals surface area contributed by atoms with Crippen molar-refractivity contribution < 1.29 is 4.74 Å². The lowest BCUT2D eigenvalue weighted by atomic mass is 10.3. The molecule has 3 N–H and O–H groups in total. The van der Waals surface area contributed by atoms with Gasteiger partial charge < -0.3 is 10.2 Å². The molecule has 1 heterocycles. The molecule has 0 aliphatic heterocycles. The summed E-state index contributed by atoms with van der Waals surface area (Å²) in [4.78, 5) is 3.91. The molecule has 1 aromatic carbocycles. The molecule has 76 valence electrons. The first-order valence-corrected chi connectivity index (χ1v) is 4.53. The quantitative estimate of drug-likeness (QED) is 0.590. The van der Waals surface area contributed by atoms with Crippen LogP contribution in [-0.2, 0) is 0 Å². The lowest BCUT2D eigenvalue weighted by Crippen LogP contribution is -2.06. The summed E-state index contributed by atoms with van der Waals surface area (Å²) >= 11 is 0. The Hall–Kier alpha value is -2.07. The minimum Gasteiger partial charge on any atom is -0.457 e. The fraction of sp³-hybridized carbons (Fsp3) is 0. The van der Waals surface area contributed by atoms with E-state index in [-0.39, 0.29) is 0 Å². The second-order valence-corrected chi connectivity index (χ2v) is 2.96. The van der Waals surface area contributed by atoms with Gasteiger partial charge in [0.05, 0.1) is 5.69 Å². The van der Waals surface area contributed by atoms with Gasteiger partial charge in [0.25, 0.3) is 0 Å². The van der Waals surface area contributed by atoms with Gasteiger partial charge in [-0.1, -0.05) is 6.07 Å².